The van der Waals surface area contributed by atoms with Gasteiger partial charge in [0.25, 0.3) is 0 Å². The second kappa shape index (κ2) is 37.0. The lowest BCUT2D eigenvalue weighted by molar-refractivity contribution is -0.490. The maximum absolute atomic E-state index is 14.2. The summed E-state index contributed by atoms with van der Waals surface area (Å²) < 4.78 is 105. The van der Waals surface area contributed by atoms with Crippen molar-refractivity contribution in [3.05, 3.63) is 0 Å². The molecule has 0 amide bonds. The fourth-order valence-electron chi connectivity index (χ4n) is 19.3. The minimum absolute atomic E-state index is 0.170. The molecule has 0 aromatic rings. The van der Waals surface area contributed by atoms with Gasteiger partial charge in [0, 0.05) is 49.0 Å². The maximum Gasteiger partial charge on any atom is 0.334 e. The number of ether oxygens (including phenoxy) is 17. The number of carbonyl (C=O) groups excluding carboxylic acids is 5. The van der Waals surface area contributed by atoms with Crippen molar-refractivity contribution in [1.82, 2.24) is 0 Å². The molecule has 0 aromatic carbocycles. The Kier molecular flexibility index (Phi) is 32.4. The number of rotatable bonds is 38. The number of carbonyl (C=O) groups is 6. The number of carboxylic acids is 1. The van der Waals surface area contributed by atoms with Crippen LogP contribution >= 0.6 is 0 Å². The van der Waals surface area contributed by atoms with E-state index in [4.69, 9.17) is 80.5 Å². The lowest BCUT2D eigenvalue weighted by Gasteiger charge is -2.65. The lowest BCUT2D eigenvalue weighted by atomic mass is 9.58. The molecule has 0 spiro atoms. The molecule has 16 unspecified atom stereocenters. The predicted octanol–water partition coefficient (Wildman–Crippen LogP) is -0.0902. The number of esters is 5. The Morgan fingerprint density at radius 2 is 0.562 bits per heavy atom. The summed E-state index contributed by atoms with van der Waals surface area (Å²) in [5.74, 6) is -34.4. The third kappa shape index (κ3) is 18.7. The van der Waals surface area contributed by atoms with E-state index in [1.165, 1.54) is 153 Å². The van der Waals surface area contributed by atoms with E-state index < -0.39 is 329 Å². The molecule has 18 N–H and O–H groups in total. The normalized spacial score (nSPS) is 48.4. The van der Waals surface area contributed by atoms with Gasteiger partial charge in [0.1, 0.15) is 108 Å². The van der Waals surface area contributed by atoms with Gasteiger partial charge in [-0.3, -0.25) is 9.59 Å². The molecule has 0 saturated carbocycles. The zero-order valence-corrected chi connectivity index (χ0v) is 80.2. The van der Waals surface area contributed by atoms with E-state index in [2.05, 4.69) is 0 Å². The highest BCUT2D eigenvalue weighted by atomic mass is 16.8. The van der Waals surface area contributed by atoms with Crippen LogP contribution in [0.25, 0.3) is 0 Å². The number of hydrogen-bond donors (Lipinski definition) is 18. The van der Waals surface area contributed by atoms with Gasteiger partial charge in [-0.1, -0.05) is 76.2 Å². The first kappa shape index (κ1) is 112. The Morgan fingerprint density at radius 3 is 0.867 bits per heavy atom. The van der Waals surface area contributed by atoms with Crippen molar-refractivity contribution in [2.24, 2.45) is 57.2 Å². The van der Waals surface area contributed by atoms with Gasteiger partial charge in [0.15, 0.2) is 11.6 Å². The topological polar surface area (TPSA) is 623 Å². The number of carboxylic acid groups (broad SMARTS) is 1. The summed E-state index contributed by atoms with van der Waals surface area (Å²) in [6.45, 7) is 26.7. The molecule has 0 radical (unpaired) electrons. The summed E-state index contributed by atoms with van der Waals surface area (Å²) in [6, 6.07) is 0. The van der Waals surface area contributed by atoms with Crippen LogP contribution in [0.3, 0.4) is 0 Å². The smallest absolute Gasteiger partial charge is 0.334 e. The first-order valence-corrected chi connectivity index (χ1v) is 43.3. The molecule has 128 heavy (non-hydrogen) atoms. The third-order valence-electron chi connectivity index (χ3n) is 32.7. The molecular formula is C87H152O41. The summed E-state index contributed by atoms with van der Waals surface area (Å²) in [6.07, 6.45) is -8.65. The van der Waals surface area contributed by atoms with Crippen LogP contribution in [0, 0.1) is 57.2 Å². The second-order valence-corrected chi connectivity index (χ2v) is 41.1. The van der Waals surface area contributed by atoms with Gasteiger partial charge >= 0.3 is 35.8 Å². The van der Waals surface area contributed by atoms with Crippen molar-refractivity contribution in [3.8, 4) is 0 Å². The molecule has 6 saturated heterocycles. The number of hydrogen-bond acceptors (Lipinski definition) is 40. The van der Waals surface area contributed by atoms with Crippen molar-refractivity contribution < 1.29 is 201 Å². The lowest BCUT2D eigenvalue weighted by Crippen LogP contribution is -2.80. The summed E-state index contributed by atoms with van der Waals surface area (Å²) in [5.41, 5.74) is -35.6. The zero-order chi connectivity index (χ0) is 99.3. The van der Waals surface area contributed by atoms with Crippen molar-refractivity contribution in [2.75, 3.05) is 99.6 Å². The van der Waals surface area contributed by atoms with Gasteiger partial charge in [0.2, 0.25) is 28.9 Å². The van der Waals surface area contributed by atoms with Crippen LogP contribution in [0.5, 0.6) is 0 Å². The van der Waals surface area contributed by atoms with Crippen LogP contribution in [0.1, 0.15) is 220 Å². The molecular weight excluding hydrogens is 1700 g/mol. The van der Waals surface area contributed by atoms with Gasteiger partial charge in [0.05, 0.1) is 116 Å². The highest BCUT2D eigenvalue weighted by Gasteiger charge is 2.78. The van der Waals surface area contributed by atoms with Crippen molar-refractivity contribution in [1.29, 1.82) is 0 Å². The first-order chi connectivity index (χ1) is 57.4. The number of aliphatic hydroxyl groups excluding tert-OH is 4. The number of aliphatic hydroxyl groups is 17. The average molecular weight is 1850 g/mol. The Balaban J connectivity index is 1.35. The first-order valence-electron chi connectivity index (χ1n) is 43.3. The Hall–Kier alpha value is -4.34. The van der Waals surface area contributed by atoms with Crippen LogP contribution < -0.4 is 0 Å². The number of aliphatic carboxylic acids is 1. The molecule has 6 rings (SSSR count). The summed E-state index contributed by atoms with van der Waals surface area (Å²) in [4.78, 5) is 78.6. The molecule has 6 aliphatic rings. The van der Waals surface area contributed by atoms with Gasteiger partial charge in [-0.25, -0.2) is 19.2 Å². The zero-order valence-electron chi connectivity index (χ0n) is 80.2. The van der Waals surface area contributed by atoms with E-state index in [1.54, 1.807) is 13.8 Å². The molecule has 6 aliphatic heterocycles. The fraction of sp³-hybridized carbons (Fsp3) is 0.931. The number of methoxy groups -OCH3 is 1. The predicted molar refractivity (Wildman–Crippen MR) is 442 cm³/mol. The van der Waals surface area contributed by atoms with Gasteiger partial charge in [-0.05, 0) is 125 Å². The molecule has 0 bridgehead atoms. The largest absolute Gasteiger partial charge is 0.481 e. The Labute approximate surface area is 748 Å². The monoisotopic (exact) mass is 1850 g/mol. The fourth-order valence-corrected chi connectivity index (χ4v) is 19.3. The second-order valence-electron chi connectivity index (χ2n) is 41.1. The Bertz CT molecular complexity index is 3930. The Morgan fingerprint density at radius 1 is 0.305 bits per heavy atom. The van der Waals surface area contributed by atoms with Crippen LogP contribution in [-0.2, 0) is 109 Å². The van der Waals surface area contributed by atoms with Crippen LogP contribution in [0.4, 0.5) is 0 Å². The third-order valence-corrected chi connectivity index (χ3v) is 32.7. The van der Waals surface area contributed by atoms with E-state index in [0.29, 0.717) is 0 Å². The average Bonchev–Trinajstić information content (AvgIpc) is 0.691. The summed E-state index contributed by atoms with van der Waals surface area (Å²) >= 11 is 0. The van der Waals surface area contributed by atoms with Crippen LogP contribution in [0.15, 0.2) is 0 Å². The minimum Gasteiger partial charge on any atom is -0.481 e. The molecule has 0 aromatic heterocycles. The maximum atomic E-state index is 14.2. The van der Waals surface area contributed by atoms with Crippen molar-refractivity contribution in [2.45, 2.75) is 358 Å². The molecule has 41 heteroatoms. The SMILES string of the molecule is CCC1(O)O[C@](C)(COC[C@@]2(C)[C@H](C)C(C)(OC(=O)CCC(=O)O)[C@@](C)(COC[C@@]3(C)[C@H](C)C(C)(O)[C@@](C)(OCC4(O)O[C@](C)(COC[C@@]5(C)[C@H](C)C(C)(O)[C@@](C)(COC[C@@]6(C)[C@H](C)C(C)(O)[C@@](C)(COC)OC6(O)COC(=O)C(C)O)OC5(O)COC(=O)C(C)O)C(C)(O)[C@@H](C)[C@]4(C)O)OC3(O)COC(=O)C(C)O)OC2(O)COC(=O)C(C)O)C(C)(O)[C@@H](C)[C@]1(C)O. The molecule has 746 valence electrons. The quantitative estimate of drug-likeness (QED) is 0.0284. The van der Waals surface area contributed by atoms with E-state index in [1.807, 2.05) is 0 Å². The molecule has 34 atom stereocenters. The molecule has 41 nitrogen and oxygen atoms in total. The minimum atomic E-state index is -3.08. The van der Waals surface area contributed by atoms with E-state index in [9.17, 15) is 121 Å². The van der Waals surface area contributed by atoms with E-state index in [-0.39, 0.29) is 13.0 Å². The van der Waals surface area contributed by atoms with E-state index >= 15 is 0 Å². The summed E-state index contributed by atoms with van der Waals surface area (Å²) in [5, 5.41) is 216. The highest BCUT2D eigenvalue weighted by molar-refractivity contribution is 5.77. The van der Waals surface area contributed by atoms with Crippen LogP contribution in [-0.4, -0.2) is 365 Å². The van der Waals surface area contributed by atoms with Crippen molar-refractivity contribution in [3.63, 3.8) is 0 Å². The summed E-state index contributed by atoms with van der Waals surface area (Å²) in [7, 11) is 1.34. The van der Waals surface area contributed by atoms with E-state index in [0.717, 1.165) is 41.5 Å². The molecule has 6 heterocycles. The molecule has 0 aliphatic carbocycles. The van der Waals surface area contributed by atoms with Gasteiger partial charge in [-0.15, -0.1) is 0 Å². The van der Waals surface area contributed by atoms with Crippen LogP contribution in [0.2, 0.25) is 0 Å². The highest BCUT2D eigenvalue weighted by Crippen LogP contribution is 2.64. The van der Waals surface area contributed by atoms with Crippen molar-refractivity contribution >= 4 is 35.8 Å². The molecule has 6 fully saturated rings. The standard InChI is InChI=1S/C87H152O41/c1-31-82(106)78(26,104)56(10)75(23,101)70(18,123-82)40-115-37-67(15)55(9)80(28,122-59(94)33-32-58(92)93)72(20,127-85(67,109)45-119-62(97)50(4)90)42-116-36-66(14)54(8)77(25,103)81(29,128-86(66,110)46-120-63(98)51(5)91)121-47-87(111)79(27,105)57(11)76(24,102)71(19,126-87)41-114-35-65(13)53(7)74(22,100)69(17,125-84(65,108)44-118-61(96)49(3)89)39-113-34-64(12)52(6)73(21,99)68(16,38-112-30)124-83(64,107)43-117-60(95)48(2)88/h48-57,88-91,99-111H,31-47H2,1-30H3,(H,92,93)/t48?,49?,50?,51?,52-,53-,54-,55-,56+,57+,64-,65-,66-,67-,68+,69+,70+,71+,72+,73?,74?,75?,76?,77?,78-,79-,80?,81-,82?,83?,84?,85?,86?,87?/m0/s1. The van der Waals surface area contributed by atoms with Gasteiger partial charge in [-0.2, -0.15) is 0 Å². The van der Waals surface area contributed by atoms with Gasteiger partial charge < -0.3 is 172 Å².